The molecule has 21 heavy (non-hydrogen) atoms. The van der Waals surface area contributed by atoms with Crippen LogP contribution in [0.25, 0.3) is 10.1 Å². The summed E-state index contributed by atoms with van der Waals surface area (Å²) in [7, 11) is 3.23. The Balaban J connectivity index is 2.28. The van der Waals surface area contributed by atoms with Crippen LogP contribution in [0, 0.1) is 5.82 Å². The molecule has 0 radical (unpaired) electrons. The zero-order valence-electron chi connectivity index (χ0n) is 11.9. The van der Waals surface area contributed by atoms with Gasteiger partial charge in [0.2, 0.25) is 5.91 Å². The highest BCUT2D eigenvalue weighted by molar-refractivity contribution is 7.21. The molecule has 0 fully saturated rings. The summed E-state index contributed by atoms with van der Waals surface area (Å²) < 4.78 is 14.0. The van der Waals surface area contributed by atoms with Crippen LogP contribution in [0.5, 0.6) is 0 Å². The number of halogens is 1. The van der Waals surface area contributed by atoms with E-state index in [0.29, 0.717) is 5.39 Å². The molecular weight excluding hydrogens is 293 g/mol. The largest absolute Gasteiger partial charge is 0.397 e. The fourth-order valence-electron chi connectivity index (χ4n) is 1.97. The van der Waals surface area contributed by atoms with Crippen molar-refractivity contribution in [1.29, 1.82) is 0 Å². The van der Waals surface area contributed by atoms with E-state index in [1.54, 1.807) is 27.1 Å². The maximum atomic E-state index is 13.2. The molecule has 0 aliphatic carbocycles. The standard InChI is InChI=1S/C14H16FN3O2S/c1-7(14(20)18(2)3)17-13(19)12-11(16)9-6-8(15)4-5-10(9)21-12/h4-7H,16H2,1-3H3,(H,17,19). The molecule has 0 aliphatic heterocycles. The summed E-state index contributed by atoms with van der Waals surface area (Å²) in [6.45, 7) is 1.60. The third kappa shape index (κ3) is 2.97. The van der Waals surface area contributed by atoms with E-state index in [2.05, 4.69) is 5.32 Å². The minimum atomic E-state index is -0.658. The Morgan fingerprint density at radius 1 is 1.38 bits per heavy atom. The van der Waals surface area contributed by atoms with E-state index in [4.69, 9.17) is 5.73 Å². The van der Waals surface area contributed by atoms with Gasteiger partial charge in [0.05, 0.1) is 5.69 Å². The number of nitrogens with one attached hydrogen (secondary N) is 1. The molecule has 0 spiro atoms. The van der Waals surface area contributed by atoms with Gasteiger partial charge >= 0.3 is 0 Å². The van der Waals surface area contributed by atoms with Crippen LogP contribution in [-0.4, -0.2) is 36.9 Å². The van der Waals surface area contributed by atoms with Gasteiger partial charge in [0.1, 0.15) is 16.7 Å². The molecule has 2 amide bonds. The number of carbonyl (C=O) groups excluding carboxylic acids is 2. The number of anilines is 1. The molecule has 5 nitrogen and oxygen atoms in total. The lowest BCUT2D eigenvalue weighted by atomic mass is 10.2. The van der Waals surface area contributed by atoms with Crippen molar-refractivity contribution in [3.63, 3.8) is 0 Å². The summed E-state index contributed by atoms with van der Waals surface area (Å²) in [6.07, 6.45) is 0. The van der Waals surface area contributed by atoms with Crippen LogP contribution in [0.1, 0.15) is 16.6 Å². The van der Waals surface area contributed by atoms with Crippen molar-refractivity contribution in [1.82, 2.24) is 10.2 Å². The summed E-state index contributed by atoms with van der Waals surface area (Å²) in [5.74, 6) is -1.05. The van der Waals surface area contributed by atoms with Gasteiger partial charge in [-0.05, 0) is 25.1 Å². The number of likely N-dealkylation sites (N-methyl/N-ethyl adjacent to an activating group) is 1. The molecule has 2 rings (SSSR count). The van der Waals surface area contributed by atoms with Crippen LogP contribution < -0.4 is 11.1 Å². The van der Waals surface area contributed by atoms with E-state index in [0.717, 1.165) is 4.70 Å². The van der Waals surface area contributed by atoms with E-state index in [9.17, 15) is 14.0 Å². The highest BCUT2D eigenvalue weighted by atomic mass is 32.1. The van der Waals surface area contributed by atoms with Gasteiger partial charge < -0.3 is 16.0 Å². The molecule has 1 aromatic heterocycles. The van der Waals surface area contributed by atoms with Crippen LogP contribution in [0.4, 0.5) is 10.1 Å². The van der Waals surface area contributed by atoms with Crippen molar-refractivity contribution >= 4 is 38.9 Å². The molecule has 2 aromatic rings. The summed E-state index contributed by atoms with van der Waals surface area (Å²) in [5, 5.41) is 3.11. The highest BCUT2D eigenvalue weighted by Crippen LogP contribution is 2.33. The van der Waals surface area contributed by atoms with Gasteiger partial charge in [0.25, 0.3) is 5.91 Å². The van der Waals surface area contributed by atoms with Gasteiger partial charge in [-0.3, -0.25) is 9.59 Å². The number of hydrogen-bond donors (Lipinski definition) is 2. The predicted octanol–water partition coefficient (Wildman–Crippen LogP) is 1.83. The smallest absolute Gasteiger partial charge is 0.264 e. The number of benzene rings is 1. The molecule has 1 unspecified atom stereocenters. The van der Waals surface area contributed by atoms with Crippen LogP contribution in [-0.2, 0) is 4.79 Å². The molecule has 0 saturated carbocycles. The molecule has 0 bridgehead atoms. The van der Waals surface area contributed by atoms with E-state index in [1.165, 1.54) is 28.4 Å². The number of nitrogen functional groups attached to an aromatic ring is 1. The molecule has 112 valence electrons. The number of amides is 2. The van der Waals surface area contributed by atoms with Gasteiger partial charge in [-0.25, -0.2) is 4.39 Å². The van der Waals surface area contributed by atoms with Gasteiger partial charge in [-0.2, -0.15) is 0 Å². The van der Waals surface area contributed by atoms with E-state index in [-0.39, 0.29) is 16.5 Å². The average molecular weight is 309 g/mol. The summed E-state index contributed by atoms with van der Waals surface area (Å²) >= 11 is 1.17. The first-order chi connectivity index (χ1) is 9.81. The van der Waals surface area contributed by atoms with Gasteiger partial charge in [-0.1, -0.05) is 0 Å². The van der Waals surface area contributed by atoms with E-state index in [1.807, 2.05) is 0 Å². The Morgan fingerprint density at radius 2 is 2.05 bits per heavy atom. The maximum Gasteiger partial charge on any atom is 0.264 e. The second-order valence-corrected chi connectivity index (χ2v) is 5.97. The van der Waals surface area contributed by atoms with Gasteiger partial charge in [0.15, 0.2) is 0 Å². The molecule has 0 saturated heterocycles. The first-order valence-electron chi connectivity index (χ1n) is 6.30. The van der Waals surface area contributed by atoms with E-state index < -0.39 is 17.8 Å². The highest BCUT2D eigenvalue weighted by Gasteiger charge is 2.22. The van der Waals surface area contributed by atoms with Crippen molar-refractivity contribution in [2.24, 2.45) is 0 Å². The number of hydrogen-bond acceptors (Lipinski definition) is 4. The lowest BCUT2D eigenvalue weighted by Gasteiger charge is -2.17. The maximum absolute atomic E-state index is 13.2. The molecule has 1 aromatic carbocycles. The molecule has 1 atom stereocenters. The summed E-state index contributed by atoms with van der Waals surface area (Å²) in [6, 6.07) is 3.54. The normalized spacial score (nSPS) is 12.2. The van der Waals surface area contributed by atoms with Crippen LogP contribution in [0.3, 0.4) is 0 Å². The zero-order chi connectivity index (χ0) is 15.7. The number of thiophene rings is 1. The first-order valence-corrected chi connectivity index (χ1v) is 7.12. The minimum Gasteiger partial charge on any atom is -0.397 e. The second-order valence-electron chi connectivity index (χ2n) is 4.91. The number of nitrogens with zero attached hydrogens (tertiary/aromatic N) is 1. The van der Waals surface area contributed by atoms with Crippen LogP contribution in [0.2, 0.25) is 0 Å². The van der Waals surface area contributed by atoms with Gasteiger partial charge in [0, 0.05) is 24.2 Å². The quantitative estimate of drug-likeness (QED) is 0.908. The Hall–Kier alpha value is -2.15. The Morgan fingerprint density at radius 3 is 2.67 bits per heavy atom. The Labute approximate surface area is 125 Å². The first kappa shape index (κ1) is 15.2. The SMILES string of the molecule is CC(NC(=O)c1sc2ccc(F)cc2c1N)C(=O)N(C)C. The average Bonchev–Trinajstić information content (AvgIpc) is 2.75. The summed E-state index contributed by atoms with van der Waals surface area (Å²) in [5.41, 5.74) is 6.14. The Kier molecular flexibility index (Phi) is 4.13. The second kappa shape index (κ2) is 5.69. The van der Waals surface area contributed by atoms with Crippen molar-refractivity contribution < 1.29 is 14.0 Å². The van der Waals surface area contributed by atoms with Crippen LogP contribution in [0.15, 0.2) is 18.2 Å². The monoisotopic (exact) mass is 309 g/mol. The topological polar surface area (TPSA) is 75.4 Å². The fourth-order valence-corrected chi connectivity index (χ4v) is 2.98. The number of carbonyl (C=O) groups is 2. The molecule has 0 aliphatic rings. The molecule has 7 heteroatoms. The predicted molar refractivity (Wildman–Crippen MR) is 81.8 cm³/mol. The fraction of sp³-hybridized carbons (Fsp3) is 0.286. The number of nitrogens with two attached hydrogens (primary N) is 1. The van der Waals surface area contributed by atoms with Crippen LogP contribution >= 0.6 is 11.3 Å². The van der Waals surface area contributed by atoms with E-state index >= 15 is 0 Å². The van der Waals surface area contributed by atoms with Crippen molar-refractivity contribution in [2.45, 2.75) is 13.0 Å². The summed E-state index contributed by atoms with van der Waals surface area (Å²) in [4.78, 5) is 25.6. The van der Waals surface area contributed by atoms with Gasteiger partial charge in [-0.15, -0.1) is 11.3 Å². The number of rotatable bonds is 3. The molecular formula is C14H16FN3O2S. The third-order valence-electron chi connectivity index (χ3n) is 3.05. The molecule has 3 N–H and O–H groups in total. The minimum absolute atomic E-state index is 0.214. The third-order valence-corrected chi connectivity index (χ3v) is 4.24. The van der Waals surface area contributed by atoms with Crippen molar-refractivity contribution in [2.75, 3.05) is 19.8 Å². The zero-order valence-corrected chi connectivity index (χ0v) is 12.8. The van der Waals surface area contributed by atoms with Crippen molar-refractivity contribution in [3.8, 4) is 0 Å². The Bertz CT molecular complexity index is 712. The van der Waals surface area contributed by atoms with Crippen molar-refractivity contribution in [3.05, 3.63) is 28.9 Å². The lowest BCUT2D eigenvalue weighted by molar-refractivity contribution is -0.130. The lowest BCUT2D eigenvalue weighted by Crippen LogP contribution is -2.44. The number of fused-ring (bicyclic) bond motifs is 1. The molecule has 1 heterocycles.